The standard InChI is InChI=1S/C34H31Br5N4O6/c35-20-7-18-4-6-43-34(47)26(41)13-19-10-23(38)31(24(39)11-19)48-28-14-16(1-2-27(28)44)12-25(40)33(46)42-5-3-17-8-21(36)32(22(37)9-17)49-29(15-18)30(20)45/h1-2,7-11,14-15,25-26,44-45H,3-6,12-13,40-41H2,(H,42,46)(H,43,47)/t25-,26+/m0/s1. The number of phenols is 2. The van der Waals surface area contributed by atoms with Crippen molar-refractivity contribution >= 4 is 91.5 Å². The molecule has 10 nitrogen and oxygen atoms in total. The van der Waals surface area contributed by atoms with E-state index in [-0.39, 0.29) is 47.7 Å². The van der Waals surface area contributed by atoms with Crippen LogP contribution in [0, 0.1) is 0 Å². The van der Waals surface area contributed by atoms with Crippen molar-refractivity contribution in [1.29, 1.82) is 0 Å². The van der Waals surface area contributed by atoms with Crippen LogP contribution < -0.4 is 31.6 Å². The Morgan fingerprint density at radius 2 is 1.02 bits per heavy atom. The average molecular weight is 991 g/mol. The first-order chi connectivity index (χ1) is 23.3. The van der Waals surface area contributed by atoms with Gasteiger partial charge in [0.25, 0.3) is 0 Å². The monoisotopic (exact) mass is 986 g/mol. The van der Waals surface area contributed by atoms with Gasteiger partial charge in [-0.05, 0) is 176 Å². The Hall–Kier alpha value is -2.66. The Morgan fingerprint density at radius 3 is 1.57 bits per heavy atom. The number of hydrogen-bond acceptors (Lipinski definition) is 8. The molecule has 2 amide bonds. The lowest BCUT2D eigenvalue weighted by molar-refractivity contribution is -0.123. The number of phenolic OH excluding ortho intramolecular Hbond substituents is 2. The van der Waals surface area contributed by atoms with Crippen LogP contribution in [0.2, 0.25) is 0 Å². The molecule has 258 valence electrons. The quantitative estimate of drug-likeness (QED) is 0.107. The molecule has 4 heterocycles. The summed E-state index contributed by atoms with van der Waals surface area (Å²) in [5, 5.41) is 27.1. The Bertz CT molecular complexity index is 1860. The van der Waals surface area contributed by atoms with E-state index in [4.69, 9.17) is 20.9 Å². The van der Waals surface area contributed by atoms with Crippen molar-refractivity contribution in [2.75, 3.05) is 13.1 Å². The molecular weight excluding hydrogens is 960 g/mol. The number of benzene rings is 4. The molecule has 0 saturated heterocycles. The molecule has 0 spiro atoms. The number of nitrogens with two attached hydrogens (primary N) is 2. The van der Waals surface area contributed by atoms with Crippen molar-refractivity contribution in [3.63, 3.8) is 0 Å². The maximum Gasteiger partial charge on any atom is 0.237 e. The zero-order valence-electron chi connectivity index (χ0n) is 25.7. The first-order valence-corrected chi connectivity index (χ1v) is 19.0. The maximum absolute atomic E-state index is 12.9. The van der Waals surface area contributed by atoms with Crippen molar-refractivity contribution in [3.8, 4) is 34.5 Å². The van der Waals surface area contributed by atoms with Crippen molar-refractivity contribution < 1.29 is 29.3 Å². The third-order valence-electron chi connectivity index (χ3n) is 7.66. The smallest absolute Gasteiger partial charge is 0.237 e. The van der Waals surface area contributed by atoms with Gasteiger partial charge in [0.2, 0.25) is 11.8 Å². The number of aromatic hydroxyl groups is 2. The van der Waals surface area contributed by atoms with Crippen LogP contribution in [0.4, 0.5) is 0 Å². The van der Waals surface area contributed by atoms with Crippen molar-refractivity contribution in [3.05, 3.63) is 99.2 Å². The van der Waals surface area contributed by atoms with E-state index in [2.05, 4.69) is 90.3 Å². The molecule has 0 radical (unpaired) electrons. The first-order valence-electron chi connectivity index (χ1n) is 15.0. The number of hydrogen-bond donors (Lipinski definition) is 6. The number of halogens is 5. The summed E-state index contributed by atoms with van der Waals surface area (Å²) in [6.07, 6.45) is 1.41. The molecule has 49 heavy (non-hydrogen) atoms. The number of rotatable bonds is 0. The number of carbonyl (C=O) groups is 2. The fourth-order valence-corrected chi connectivity index (χ4v) is 8.51. The molecule has 4 aliphatic rings. The third-order valence-corrected chi connectivity index (χ3v) is 10.6. The van der Waals surface area contributed by atoms with Crippen molar-refractivity contribution in [2.45, 2.75) is 37.8 Å². The molecule has 4 aromatic rings. The SMILES string of the molecule is N[C@@H]1Cc2cc(Br)c(c(Br)c2)Oc2cc(ccc2O)C[C@H](N)C(=O)NCCc2cc(Br)c(c(Br)c2)Oc2cc(cc(Br)c2O)CCNC1=O. The van der Waals surface area contributed by atoms with Gasteiger partial charge in [0.1, 0.15) is 0 Å². The second-order valence-electron chi connectivity index (χ2n) is 11.4. The maximum atomic E-state index is 12.9. The second kappa shape index (κ2) is 16.6. The Labute approximate surface area is 325 Å². The van der Waals surface area contributed by atoms with Gasteiger partial charge in [-0.2, -0.15) is 0 Å². The summed E-state index contributed by atoms with van der Waals surface area (Å²) >= 11 is 17.6. The minimum atomic E-state index is -0.847. The zero-order valence-corrected chi connectivity index (χ0v) is 33.6. The molecule has 15 heteroatoms. The highest BCUT2D eigenvalue weighted by atomic mass is 79.9. The van der Waals surface area contributed by atoms with E-state index in [0.717, 1.165) is 16.7 Å². The summed E-state index contributed by atoms with van der Waals surface area (Å²) in [5.74, 6) is 0.443. The molecule has 8 rings (SSSR count). The van der Waals surface area contributed by atoms with E-state index in [1.54, 1.807) is 36.4 Å². The van der Waals surface area contributed by atoms with Gasteiger partial charge >= 0.3 is 0 Å². The van der Waals surface area contributed by atoms with Gasteiger partial charge in [-0.15, -0.1) is 0 Å². The number of amides is 2. The topological polar surface area (TPSA) is 169 Å². The van der Waals surface area contributed by atoms with Gasteiger partial charge < -0.3 is 41.8 Å². The fraction of sp³-hybridized carbons (Fsp3) is 0.235. The third kappa shape index (κ3) is 9.57. The molecule has 2 atom stereocenters. The minimum Gasteiger partial charge on any atom is -0.504 e. The Balaban J connectivity index is 1.43. The molecule has 0 aliphatic carbocycles. The number of nitrogens with one attached hydrogen (secondary N) is 2. The largest absolute Gasteiger partial charge is 0.504 e. The van der Waals surface area contributed by atoms with E-state index >= 15 is 0 Å². The van der Waals surface area contributed by atoms with Gasteiger partial charge in [-0.3, -0.25) is 9.59 Å². The molecule has 0 saturated carbocycles. The molecule has 0 unspecified atom stereocenters. The molecule has 0 fully saturated rings. The zero-order chi connectivity index (χ0) is 35.4. The van der Waals surface area contributed by atoms with Crippen LogP contribution in [0.15, 0.2) is 77.0 Å². The van der Waals surface area contributed by atoms with Gasteiger partial charge in [0.15, 0.2) is 34.5 Å². The molecule has 8 N–H and O–H groups in total. The number of carbonyl (C=O) groups excluding carboxylic acids is 2. The van der Waals surface area contributed by atoms with Gasteiger partial charge in [0.05, 0.1) is 34.4 Å². The molecule has 8 bridgehead atoms. The summed E-state index contributed by atoms with van der Waals surface area (Å²) in [5.41, 5.74) is 15.7. The Morgan fingerprint density at radius 1 is 0.592 bits per heavy atom. The Kier molecular flexibility index (Phi) is 12.7. The highest BCUT2D eigenvalue weighted by Gasteiger charge is 2.21. The van der Waals surface area contributed by atoms with Gasteiger partial charge in [-0.25, -0.2) is 0 Å². The summed E-state index contributed by atoms with van der Waals surface area (Å²) in [6, 6.07) is 13.9. The summed E-state index contributed by atoms with van der Waals surface area (Å²) in [6.45, 7) is 0.639. The van der Waals surface area contributed by atoms with E-state index < -0.39 is 12.1 Å². The molecule has 0 aromatic heterocycles. The van der Waals surface area contributed by atoms with Gasteiger partial charge in [-0.1, -0.05) is 6.07 Å². The van der Waals surface area contributed by atoms with E-state index in [1.807, 2.05) is 12.1 Å². The molecular formula is C34H31Br5N4O6. The van der Waals surface area contributed by atoms with Crippen LogP contribution in [-0.2, 0) is 35.3 Å². The normalized spacial score (nSPS) is 17.7. The lowest BCUT2D eigenvalue weighted by Crippen LogP contribution is -2.42. The lowest BCUT2D eigenvalue weighted by Gasteiger charge is -2.17. The van der Waals surface area contributed by atoms with E-state index in [1.165, 1.54) is 6.07 Å². The van der Waals surface area contributed by atoms with Crippen LogP contribution >= 0.6 is 79.6 Å². The van der Waals surface area contributed by atoms with Crippen LogP contribution in [0.5, 0.6) is 34.5 Å². The van der Waals surface area contributed by atoms with Crippen LogP contribution in [0.1, 0.15) is 22.3 Å². The van der Waals surface area contributed by atoms with Crippen LogP contribution in [0.25, 0.3) is 0 Å². The first kappa shape index (κ1) is 37.6. The highest BCUT2D eigenvalue weighted by Crippen LogP contribution is 2.44. The predicted octanol–water partition coefficient (Wildman–Crippen LogP) is 7.27. The minimum absolute atomic E-state index is 0.0753. The van der Waals surface area contributed by atoms with E-state index in [0.29, 0.717) is 65.4 Å². The van der Waals surface area contributed by atoms with Crippen LogP contribution in [0.3, 0.4) is 0 Å². The average Bonchev–Trinajstić information content (AvgIpc) is 3.03. The highest BCUT2D eigenvalue weighted by molar-refractivity contribution is 9.11. The number of ether oxygens (including phenoxy) is 2. The predicted molar refractivity (Wildman–Crippen MR) is 205 cm³/mol. The summed E-state index contributed by atoms with van der Waals surface area (Å²) < 4.78 is 15.1. The fourth-order valence-electron chi connectivity index (χ4n) is 5.13. The van der Waals surface area contributed by atoms with Crippen molar-refractivity contribution in [2.24, 2.45) is 11.5 Å². The van der Waals surface area contributed by atoms with Crippen molar-refractivity contribution in [1.82, 2.24) is 10.6 Å². The second-order valence-corrected chi connectivity index (χ2v) is 15.7. The lowest BCUT2D eigenvalue weighted by atomic mass is 10.0. The van der Waals surface area contributed by atoms with Crippen LogP contribution in [-0.4, -0.2) is 47.2 Å². The van der Waals surface area contributed by atoms with Gasteiger partial charge in [0, 0.05) is 13.1 Å². The molecule has 4 aromatic carbocycles. The summed E-state index contributed by atoms with van der Waals surface area (Å²) in [7, 11) is 0. The molecule has 4 aliphatic heterocycles. The summed E-state index contributed by atoms with van der Waals surface area (Å²) in [4.78, 5) is 25.8. The van der Waals surface area contributed by atoms with E-state index in [9.17, 15) is 19.8 Å².